The molecular formula is C9H13NaO4. The van der Waals surface area contributed by atoms with Crippen LogP contribution < -0.4 is 34.7 Å². The molecule has 0 atom stereocenters. The summed E-state index contributed by atoms with van der Waals surface area (Å²) in [5.41, 5.74) is 0.0184. The maximum atomic E-state index is 11.0. The molecule has 0 bridgehead atoms. The van der Waals surface area contributed by atoms with Crippen LogP contribution in [0.15, 0.2) is 24.2 Å². The molecule has 0 spiro atoms. The molecule has 0 rings (SSSR count). The monoisotopic (exact) mass is 208 g/mol. The molecule has 0 aliphatic carbocycles. The quantitative estimate of drug-likeness (QED) is 0.163. The first-order chi connectivity index (χ1) is 6.17. The first-order valence-electron chi connectivity index (χ1n) is 3.80. The summed E-state index contributed by atoms with van der Waals surface area (Å²) in [6.07, 6.45) is 2.45. The largest absolute Gasteiger partial charge is 1.00 e. The summed E-state index contributed by atoms with van der Waals surface area (Å²) in [6, 6.07) is 0. The van der Waals surface area contributed by atoms with E-state index in [0.29, 0.717) is 12.8 Å². The number of ether oxygens (including phenoxy) is 2. The van der Waals surface area contributed by atoms with E-state index in [2.05, 4.69) is 16.1 Å². The molecule has 14 heavy (non-hydrogen) atoms. The van der Waals surface area contributed by atoms with Crippen LogP contribution in [0.1, 0.15) is 12.8 Å². The topological polar surface area (TPSA) is 58.6 Å². The summed E-state index contributed by atoms with van der Waals surface area (Å²) < 4.78 is 8.84. The molecule has 0 aliphatic heterocycles. The van der Waals surface area contributed by atoms with Crippen molar-refractivity contribution in [2.24, 2.45) is 0 Å². The molecule has 4 nitrogen and oxygen atoms in total. The van der Waals surface area contributed by atoms with Crippen LogP contribution in [0.25, 0.3) is 0 Å². The Morgan fingerprint density at radius 3 is 2.36 bits per heavy atom. The number of carbonyl (C=O) groups is 1. The van der Waals surface area contributed by atoms with Crippen LogP contribution >= 0.6 is 0 Å². The maximum Gasteiger partial charge on any atom is 1.00 e. The number of methoxy groups -OCH3 is 2. The Morgan fingerprint density at radius 2 is 2.00 bits per heavy atom. The van der Waals surface area contributed by atoms with Crippen molar-refractivity contribution in [3.63, 3.8) is 0 Å². The Kier molecular flexibility index (Phi) is 10.4. The van der Waals surface area contributed by atoms with Crippen molar-refractivity contribution in [2.75, 3.05) is 14.2 Å². The molecule has 0 unspecified atom stereocenters. The fraction of sp³-hybridized carbons (Fsp3) is 0.444. The van der Waals surface area contributed by atoms with Crippen molar-refractivity contribution in [2.45, 2.75) is 12.8 Å². The third-order valence-electron chi connectivity index (χ3n) is 1.46. The Labute approximate surface area is 106 Å². The van der Waals surface area contributed by atoms with E-state index in [1.54, 1.807) is 6.08 Å². The van der Waals surface area contributed by atoms with Gasteiger partial charge in [0.25, 0.3) is 0 Å². The fourth-order valence-corrected chi connectivity index (χ4v) is 0.780. The van der Waals surface area contributed by atoms with E-state index in [9.17, 15) is 9.90 Å². The van der Waals surface area contributed by atoms with Crippen LogP contribution in [0, 0.1) is 0 Å². The van der Waals surface area contributed by atoms with Crippen molar-refractivity contribution >= 4 is 5.97 Å². The van der Waals surface area contributed by atoms with Crippen LogP contribution in [0.5, 0.6) is 0 Å². The molecular weight excluding hydrogens is 195 g/mol. The second kappa shape index (κ2) is 9.12. The molecule has 0 aliphatic rings. The molecule has 0 aromatic carbocycles. The van der Waals surface area contributed by atoms with Crippen molar-refractivity contribution in [1.29, 1.82) is 0 Å². The molecule has 0 saturated carbocycles. The number of hydrogen-bond donors (Lipinski definition) is 0. The van der Waals surface area contributed by atoms with Gasteiger partial charge in [0.1, 0.15) is 0 Å². The van der Waals surface area contributed by atoms with Gasteiger partial charge in [0, 0.05) is 0 Å². The van der Waals surface area contributed by atoms with Crippen molar-refractivity contribution in [1.82, 2.24) is 0 Å². The standard InChI is InChI=1S/C9H14O4.Na/c1-4-5-6-7(8(10)12-2)9(11)13-3;/h4,10H,1,5-6H2,2-3H3;/q;+1/p-1. The molecule has 0 N–H and O–H groups in total. The first-order valence-corrected chi connectivity index (χ1v) is 3.80. The predicted octanol–water partition coefficient (Wildman–Crippen LogP) is -2.65. The summed E-state index contributed by atoms with van der Waals surface area (Å²) in [4.78, 5) is 11.0. The van der Waals surface area contributed by atoms with Gasteiger partial charge < -0.3 is 14.6 Å². The summed E-state index contributed by atoms with van der Waals surface area (Å²) in [7, 11) is 2.44. The summed E-state index contributed by atoms with van der Waals surface area (Å²) >= 11 is 0. The summed E-state index contributed by atoms with van der Waals surface area (Å²) in [6.45, 7) is 3.49. The Bertz CT molecular complexity index is 223. The molecule has 0 aromatic heterocycles. The number of rotatable bonds is 5. The van der Waals surface area contributed by atoms with E-state index in [1.807, 2.05) is 0 Å². The van der Waals surface area contributed by atoms with E-state index >= 15 is 0 Å². The minimum Gasteiger partial charge on any atom is -0.616 e. The van der Waals surface area contributed by atoms with Gasteiger partial charge in [-0.25, -0.2) is 4.79 Å². The average molecular weight is 208 g/mol. The van der Waals surface area contributed by atoms with Crippen LogP contribution in [0.2, 0.25) is 0 Å². The van der Waals surface area contributed by atoms with Crippen LogP contribution in [-0.4, -0.2) is 20.2 Å². The zero-order valence-corrected chi connectivity index (χ0v) is 10.8. The van der Waals surface area contributed by atoms with Crippen molar-refractivity contribution in [3.05, 3.63) is 24.2 Å². The maximum absolute atomic E-state index is 11.0. The second-order valence-corrected chi connectivity index (χ2v) is 2.29. The third-order valence-corrected chi connectivity index (χ3v) is 1.46. The van der Waals surface area contributed by atoms with Gasteiger partial charge >= 0.3 is 35.5 Å². The van der Waals surface area contributed by atoms with Crippen LogP contribution in [0.4, 0.5) is 0 Å². The minimum absolute atomic E-state index is 0. The average Bonchev–Trinajstić information content (AvgIpc) is 2.17. The SMILES string of the molecule is C=CCCC(C(=O)OC)=C([O-])OC.[Na+]. The molecule has 0 radical (unpaired) electrons. The molecule has 0 heterocycles. The second-order valence-electron chi connectivity index (χ2n) is 2.29. The summed E-state index contributed by atoms with van der Waals surface area (Å²) in [5.74, 6) is -1.29. The van der Waals surface area contributed by atoms with Gasteiger partial charge in [-0.05, 0) is 20.0 Å². The number of hydrogen-bond acceptors (Lipinski definition) is 4. The van der Waals surface area contributed by atoms with Crippen LogP contribution in [0.3, 0.4) is 0 Å². The van der Waals surface area contributed by atoms with Crippen molar-refractivity contribution in [3.8, 4) is 0 Å². The fourth-order valence-electron chi connectivity index (χ4n) is 0.780. The van der Waals surface area contributed by atoms with Gasteiger partial charge in [0.15, 0.2) is 0 Å². The Morgan fingerprint density at radius 1 is 1.43 bits per heavy atom. The van der Waals surface area contributed by atoms with Gasteiger partial charge in [-0.15, -0.1) is 6.58 Å². The van der Waals surface area contributed by atoms with E-state index in [1.165, 1.54) is 14.2 Å². The number of esters is 1. The van der Waals surface area contributed by atoms with Crippen molar-refractivity contribution < 1.29 is 48.9 Å². The molecule has 74 valence electrons. The van der Waals surface area contributed by atoms with E-state index in [0.717, 1.165) is 0 Å². The number of allylic oxidation sites excluding steroid dienone is 1. The molecule has 0 aromatic rings. The van der Waals surface area contributed by atoms with Gasteiger partial charge in [0.05, 0.1) is 18.6 Å². The van der Waals surface area contributed by atoms with Gasteiger partial charge in [-0.1, -0.05) is 6.08 Å². The van der Waals surface area contributed by atoms with Gasteiger partial charge in [0.2, 0.25) is 0 Å². The third kappa shape index (κ3) is 5.32. The van der Waals surface area contributed by atoms with E-state index in [-0.39, 0.29) is 35.1 Å². The minimum atomic E-state index is -0.645. The predicted molar refractivity (Wildman–Crippen MR) is 45.5 cm³/mol. The zero-order chi connectivity index (χ0) is 10.3. The smallest absolute Gasteiger partial charge is 0.616 e. The van der Waals surface area contributed by atoms with Crippen LogP contribution in [-0.2, 0) is 14.3 Å². The van der Waals surface area contributed by atoms with Gasteiger partial charge in [-0.3, -0.25) is 0 Å². The van der Waals surface area contributed by atoms with Gasteiger partial charge in [-0.2, -0.15) is 0 Å². The zero-order valence-electron chi connectivity index (χ0n) is 8.83. The molecule has 5 heteroatoms. The number of carbonyl (C=O) groups excluding carboxylic acids is 1. The Hall–Kier alpha value is -0.450. The Balaban J connectivity index is 0. The summed E-state index contributed by atoms with van der Waals surface area (Å²) in [5, 5.41) is 11.0. The molecule has 0 fully saturated rings. The van der Waals surface area contributed by atoms with E-state index < -0.39 is 11.9 Å². The normalized spacial score (nSPS) is 10.7. The molecule has 0 amide bonds. The first kappa shape index (κ1) is 16.0. The molecule has 0 saturated heterocycles. The van der Waals surface area contributed by atoms with E-state index in [4.69, 9.17) is 0 Å².